The van der Waals surface area contributed by atoms with Crippen LogP contribution in [0.25, 0.3) is 5.69 Å². The summed E-state index contributed by atoms with van der Waals surface area (Å²) in [6.45, 7) is 8.93. The minimum absolute atomic E-state index is 0.123. The highest BCUT2D eigenvalue weighted by molar-refractivity contribution is 5.69. The molecule has 1 heterocycles. The van der Waals surface area contributed by atoms with Crippen LogP contribution in [0.4, 0.5) is 9.59 Å². The van der Waals surface area contributed by atoms with E-state index in [1.54, 1.807) is 42.5 Å². The van der Waals surface area contributed by atoms with Gasteiger partial charge in [0, 0.05) is 19.5 Å². The Kier molecular flexibility index (Phi) is 27.4. The highest BCUT2D eigenvalue weighted by atomic mass is 16.7. The van der Waals surface area contributed by atoms with Crippen molar-refractivity contribution in [3.63, 3.8) is 0 Å². The van der Waals surface area contributed by atoms with E-state index in [2.05, 4.69) is 64.1 Å². The van der Waals surface area contributed by atoms with Gasteiger partial charge in [-0.1, -0.05) is 173 Å². The Bertz CT molecular complexity index is 3890. The van der Waals surface area contributed by atoms with Gasteiger partial charge in [0.1, 0.15) is 0 Å². The number of hydrogen-bond donors (Lipinski definition) is 3. The van der Waals surface area contributed by atoms with Crippen LogP contribution >= 0.6 is 0 Å². The van der Waals surface area contributed by atoms with Gasteiger partial charge in [0.15, 0.2) is 0 Å². The van der Waals surface area contributed by atoms with Gasteiger partial charge in [-0.25, -0.2) is 67.6 Å². The molecule has 21 heteroatoms. The topological polar surface area (TPSA) is 255 Å². The molecule has 0 bridgehead atoms. The van der Waals surface area contributed by atoms with Crippen molar-refractivity contribution >= 4 is 36.2 Å². The average Bonchev–Trinajstić information content (AvgIpc) is 1.04. The third-order valence-corrected chi connectivity index (χ3v) is 13.6. The standard InChI is InChI=1S/C68H76N12O9/c1-4-7-28-63(81)89-77-45-58-23-12-18-53(33-58)39-71-49-73-41-55-20-14-26-61(35-55)47-79-66(84)78(46-60-25-13-19-54(34-60)40-72-48-69-37-51-16-10-21-56(31-51)43-75-64(82)87-29-8-5-2)67(85)80(68(79)86)62-27-15-24-59(36-62)42-74-50-70-38-52-17-11-22-57(32-52)44-76-65(83)88-30-9-6-3/h10-27,31-36,77H,4-9,28-30,37-47H2,1-3H3,(H,75,82)(H,76,83). The van der Waals surface area contributed by atoms with Gasteiger partial charge in [-0.15, -0.1) is 5.48 Å². The lowest BCUT2D eigenvalue weighted by Crippen LogP contribution is -2.54. The molecule has 7 rings (SSSR count). The number of nitrogens with one attached hydrogen (secondary N) is 3. The highest BCUT2D eigenvalue weighted by Crippen LogP contribution is 2.14. The van der Waals surface area contributed by atoms with Crippen molar-refractivity contribution in [2.75, 3.05) is 13.2 Å². The van der Waals surface area contributed by atoms with Crippen LogP contribution in [0.15, 0.2) is 190 Å². The van der Waals surface area contributed by atoms with E-state index in [4.69, 9.17) is 14.3 Å². The zero-order valence-electron chi connectivity index (χ0n) is 50.7. The number of ether oxygens (including phenoxy) is 2. The van der Waals surface area contributed by atoms with E-state index in [9.17, 15) is 28.8 Å². The Balaban J connectivity index is 1.07. The minimum Gasteiger partial charge on any atom is -0.450 e. The van der Waals surface area contributed by atoms with Crippen LogP contribution in [0.2, 0.25) is 0 Å². The second-order valence-corrected chi connectivity index (χ2v) is 20.9. The molecule has 0 unspecified atom stereocenters. The maximum Gasteiger partial charge on any atom is 0.407 e. The highest BCUT2D eigenvalue weighted by Gasteiger charge is 2.19. The summed E-state index contributed by atoms with van der Waals surface area (Å²) in [6, 6.07) is 52.7. The number of rotatable bonds is 33. The summed E-state index contributed by atoms with van der Waals surface area (Å²) < 4.78 is 13.5. The zero-order valence-corrected chi connectivity index (χ0v) is 50.7. The van der Waals surface area contributed by atoms with Gasteiger partial charge in [0.05, 0.1) is 95.8 Å². The quantitative estimate of drug-likeness (QED) is 0.0152. The van der Waals surface area contributed by atoms with Gasteiger partial charge in [-0.3, -0.25) is 4.79 Å². The molecular formula is C68H76N12O9. The molecule has 2 amide bonds. The molecule has 3 N–H and O–H groups in total. The van der Waals surface area contributed by atoms with Gasteiger partial charge < -0.3 is 24.9 Å². The molecule has 0 aliphatic rings. The van der Waals surface area contributed by atoms with Crippen LogP contribution in [-0.2, 0) is 91.1 Å². The van der Waals surface area contributed by atoms with E-state index in [1.165, 1.54) is 0 Å². The number of aliphatic imine (C=N–C) groups is 6. The SMILES string of the molecule is CCCCOC(=O)NCc1cccc(CN=C=NCc2cccc(Cn3c(=O)n(Cc4cccc(CN=C=NCc5cccc(CNOC(=O)CCCC)c5)c4)c(=O)n(-c4cccc(CN=C=NCc5cccc(CNC(=O)OCCCC)c5)c4)c3=O)c2)c1. The van der Waals surface area contributed by atoms with Gasteiger partial charge in [0.2, 0.25) is 0 Å². The number of nitrogens with zero attached hydrogens (tertiary/aromatic N) is 9. The molecule has 0 radical (unpaired) electrons. The number of hydrogen-bond acceptors (Lipinski definition) is 16. The molecule has 89 heavy (non-hydrogen) atoms. The van der Waals surface area contributed by atoms with Crippen LogP contribution in [0.5, 0.6) is 0 Å². The Morgan fingerprint density at radius 3 is 1.15 bits per heavy atom. The first kappa shape index (κ1) is 66.4. The zero-order chi connectivity index (χ0) is 62.8. The van der Waals surface area contributed by atoms with Gasteiger partial charge in [-0.2, -0.15) is 0 Å². The van der Waals surface area contributed by atoms with Gasteiger partial charge in [-0.05, 0) is 92.6 Å². The molecule has 0 aliphatic carbocycles. The largest absolute Gasteiger partial charge is 0.450 e. The number of unbranched alkanes of at least 4 members (excludes halogenated alkanes) is 3. The molecule has 0 fully saturated rings. The predicted octanol–water partition coefficient (Wildman–Crippen LogP) is 10.7. The summed E-state index contributed by atoms with van der Waals surface area (Å²) in [5, 5.41) is 5.53. The Morgan fingerprint density at radius 1 is 0.416 bits per heavy atom. The number of hydroxylamine groups is 1. The summed E-state index contributed by atoms with van der Waals surface area (Å²) >= 11 is 0. The number of benzene rings is 6. The summed E-state index contributed by atoms with van der Waals surface area (Å²) in [5.74, 6) is -0.293. The van der Waals surface area contributed by atoms with Crippen molar-refractivity contribution in [3.8, 4) is 5.69 Å². The molecule has 1 aromatic heterocycles. The molecule has 6 aromatic carbocycles. The molecule has 0 spiro atoms. The third kappa shape index (κ3) is 22.9. The van der Waals surface area contributed by atoms with Crippen LogP contribution in [0.1, 0.15) is 127 Å². The molecular weight excluding hydrogens is 1130 g/mol. The monoisotopic (exact) mass is 1200 g/mol. The normalized spacial score (nSPS) is 10.6. The molecule has 0 saturated carbocycles. The summed E-state index contributed by atoms with van der Waals surface area (Å²) in [5.41, 5.74) is 9.36. The molecule has 0 atom stereocenters. The average molecular weight is 1210 g/mol. The molecule has 21 nitrogen and oxygen atoms in total. The van der Waals surface area contributed by atoms with E-state index >= 15 is 0 Å². The second kappa shape index (κ2) is 36.7. The lowest BCUT2D eigenvalue weighted by atomic mass is 10.1. The van der Waals surface area contributed by atoms with Crippen molar-refractivity contribution in [2.24, 2.45) is 30.0 Å². The Morgan fingerprint density at radius 2 is 0.753 bits per heavy atom. The first-order valence-corrected chi connectivity index (χ1v) is 29.9. The van der Waals surface area contributed by atoms with Crippen LogP contribution in [0.3, 0.4) is 0 Å². The van der Waals surface area contributed by atoms with Crippen molar-refractivity contribution in [3.05, 3.63) is 238 Å². The molecule has 0 saturated heterocycles. The predicted molar refractivity (Wildman–Crippen MR) is 341 cm³/mol. The fraction of sp³-hybridized carbons (Fsp3) is 0.338. The number of alkyl carbamates (subject to hydrolysis) is 2. The summed E-state index contributed by atoms with van der Waals surface area (Å²) in [7, 11) is 0. The lowest BCUT2D eigenvalue weighted by Gasteiger charge is -2.15. The summed E-state index contributed by atoms with van der Waals surface area (Å²) in [6.07, 6.45) is 4.59. The van der Waals surface area contributed by atoms with Gasteiger partial charge >= 0.3 is 35.2 Å². The van der Waals surface area contributed by atoms with E-state index < -0.39 is 29.3 Å². The number of carbonyl (C=O) groups is 3. The van der Waals surface area contributed by atoms with E-state index in [1.807, 2.05) is 124 Å². The van der Waals surface area contributed by atoms with Crippen molar-refractivity contribution in [1.29, 1.82) is 0 Å². The number of aromatic nitrogens is 3. The van der Waals surface area contributed by atoms with Gasteiger partial charge in [0.25, 0.3) is 0 Å². The Hall–Kier alpha value is -10.2. The minimum atomic E-state index is -0.833. The summed E-state index contributed by atoms with van der Waals surface area (Å²) in [4.78, 5) is 111. The van der Waals surface area contributed by atoms with Crippen LogP contribution in [-0.4, -0.2) is 63.1 Å². The molecule has 462 valence electrons. The fourth-order valence-corrected chi connectivity index (χ4v) is 9.00. The lowest BCUT2D eigenvalue weighted by molar-refractivity contribution is -0.151. The third-order valence-electron chi connectivity index (χ3n) is 13.6. The van der Waals surface area contributed by atoms with Crippen molar-refractivity contribution in [2.45, 2.75) is 138 Å². The van der Waals surface area contributed by atoms with Crippen LogP contribution in [0, 0.1) is 0 Å². The van der Waals surface area contributed by atoms with Crippen molar-refractivity contribution < 1.29 is 28.7 Å². The second-order valence-electron chi connectivity index (χ2n) is 20.9. The smallest absolute Gasteiger partial charge is 0.407 e. The van der Waals surface area contributed by atoms with E-state index in [0.29, 0.717) is 69.0 Å². The van der Waals surface area contributed by atoms with E-state index in [-0.39, 0.29) is 50.9 Å². The van der Waals surface area contributed by atoms with Crippen molar-refractivity contribution in [1.82, 2.24) is 29.8 Å². The molecule has 0 aliphatic heterocycles. The van der Waals surface area contributed by atoms with E-state index in [0.717, 1.165) is 96.7 Å². The first-order valence-electron chi connectivity index (χ1n) is 29.9. The molecule has 7 aromatic rings. The maximum absolute atomic E-state index is 14.6. The maximum atomic E-state index is 14.6. The number of carbonyl (C=O) groups excluding carboxylic acids is 3. The Labute approximate surface area is 517 Å². The number of amides is 2. The first-order chi connectivity index (χ1) is 43.5. The van der Waals surface area contributed by atoms with Crippen LogP contribution < -0.4 is 33.2 Å². The fourth-order valence-electron chi connectivity index (χ4n) is 9.00.